The van der Waals surface area contributed by atoms with Crippen molar-refractivity contribution in [3.8, 4) is 0 Å². The zero-order valence-electron chi connectivity index (χ0n) is 9.47. The summed E-state index contributed by atoms with van der Waals surface area (Å²) >= 11 is 0. The molecule has 86 valence electrons. The molecule has 0 unspecified atom stereocenters. The fraction of sp³-hybridized carbons (Fsp3) is 0.0769. The molecule has 0 radical (unpaired) electrons. The molecule has 17 heavy (non-hydrogen) atoms. The second-order valence-corrected chi connectivity index (χ2v) is 3.83. The van der Waals surface area contributed by atoms with Gasteiger partial charge < -0.3 is 11.1 Å². The molecule has 3 N–H and O–H groups in total. The molecule has 4 heteroatoms. The Morgan fingerprint density at radius 2 is 1.94 bits per heavy atom. The van der Waals surface area contributed by atoms with E-state index in [0.717, 1.165) is 5.56 Å². The number of amides is 1. The van der Waals surface area contributed by atoms with Gasteiger partial charge in [-0.1, -0.05) is 0 Å². The monoisotopic (exact) mass is 227 g/mol. The number of rotatable bonds is 2. The lowest BCUT2D eigenvalue weighted by molar-refractivity contribution is 0.102. The van der Waals surface area contributed by atoms with Crippen LogP contribution in [0, 0.1) is 6.92 Å². The molecule has 4 nitrogen and oxygen atoms in total. The van der Waals surface area contributed by atoms with Crippen molar-refractivity contribution in [2.24, 2.45) is 0 Å². The number of nitrogens with zero attached hydrogens (tertiary/aromatic N) is 1. The predicted molar refractivity (Wildman–Crippen MR) is 67.8 cm³/mol. The minimum Gasteiger partial charge on any atom is -0.399 e. The Morgan fingerprint density at radius 3 is 2.59 bits per heavy atom. The van der Waals surface area contributed by atoms with Crippen molar-refractivity contribution in [1.29, 1.82) is 0 Å². The maximum Gasteiger partial charge on any atom is 0.257 e. The van der Waals surface area contributed by atoms with Crippen molar-refractivity contribution in [1.82, 2.24) is 4.98 Å². The Bertz CT molecular complexity index is 535. The lowest BCUT2D eigenvalue weighted by atomic mass is 10.2. The van der Waals surface area contributed by atoms with E-state index in [1.54, 1.807) is 42.7 Å². The van der Waals surface area contributed by atoms with Crippen LogP contribution in [-0.4, -0.2) is 10.9 Å². The van der Waals surface area contributed by atoms with Crippen molar-refractivity contribution in [3.05, 3.63) is 53.9 Å². The number of nitrogens with one attached hydrogen (secondary N) is 1. The molecule has 1 amide bonds. The van der Waals surface area contributed by atoms with Crippen LogP contribution in [0.3, 0.4) is 0 Å². The Labute approximate surface area is 99.5 Å². The van der Waals surface area contributed by atoms with Crippen molar-refractivity contribution in [2.75, 3.05) is 11.1 Å². The molecule has 1 aromatic heterocycles. The largest absolute Gasteiger partial charge is 0.399 e. The van der Waals surface area contributed by atoms with Crippen LogP contribution in [0.1, 0.15) is 15.9 Å². The summed E-state index contributed by atoms with van der Waals surface area (Å²) in [4.78, 5) is 15.8. The Kier molecular flexibility index (Phi) is 3.05. The normalized spacial score (nSPS) is 9.94. The molecule has 2 aromatic rings. The number of anilines is 2. The molecule has 1 heterocycles. The van der Waals surface area contributed by atoms with Gasteiger partial charge in [-0.25, -0.2) is 0 Å². The van der Waals surface area contributed by atoms with Gasteiger partial charge in [0.2, 0.25) is 0 Å². The number of nitrogens with two attached hydrogens (primary N) is 1. The van der Waals surface area contributed by atoms with Gasteiger partial charge in [-0.3, -0.25) is 9.78 Å². The molecule has 0 bridgehead atoms. The number of carbonyl (C=O) groups excluding carboxylic acids is 1. The quantitative estimate of drug-likeness (QED) is 0.773. The van der Waals surface area contributed by atoms with Crippen LogP contribution in [0.2, 0.25) is 0 Å². The Balaban J connectivity index is 2.14. The van der Waals surface area contributed by atoms with E-state index in [-0.39, 0.29) is 5.91 Å². The summed E-state index contributed by atoms with van der Waals surface area (Å²) in [6.07, 6.45) is 3.25. The van der Waals surface area contributed by atoms with Gasteiger partial charge in [0.05, 0.1) is 5.56 Å². The lowest BCUT2D eigenvalue weighted by Crippen LogP contribution is -2.12. The van der Waals surface area contributed by atoms with Gasteiger partial charge in [0.1, 0.15) is 0 Å². The first-order valence-electron chi connectivity index (χ1n) is 5.24. The van der Waals surface area contributed by atoms with Gasteiger partial charge in [0.25, 0.3) is 5.91 Å². The second kappa shape index (κ2) is 4.65. The SMILES string of the molecule is Cc1cncc(C(=O)Nc2ccc(N)cc2)c1. The van der Waals surface area contributed by atoms with Crippen LogP contribution in [0.4, 0.5) is 11.4 Å². The van der Waals surface area contributed by atoms with Gasteiger partial charge in [-0.2, -0.15) is 0 Å². The van der Waals surface area contributed by atoms with Crippen molar-refractivity contribution < 1.29 is 4.79 Å². The summed E-state index contributed by atoms with van der Waals surface area (Å²) in [6, 6.07) is 8.79. The summed E-state index contributed by atoms with van der Waals surface area (Å²) in [6.45, 7) is 1.90. The first kappa shape index (κ1) is 11.1. The van der Waals surface area contributed by atoms with E-state index in [9.17, 15) is 4.79 Å². The van der Waals surface area contributed by atoms with Crippen LogP contribution < -0.4 is 11.1 Å². The maximum absolute atomic E-state index is 11.9. The van der Waals surface area contributed by atoms with Crippen LogP contribution in [-0.2, 0) is 0 Å². The van der Waals surface area contributed by atoms with E-state index >= 15 is 0 Å². The lowest BCUT2D eigenvalue weighted by Gasteiger charge is -2.05. The van der Waals surface area contributed by atoms with Gasteiger partial charge in [-0.15, -0.1) is 0 Å². The molecule has 0 saturated carbocycles. The fourth-order valence-electron chi connectivity index (χ4n) is 1.45. The van der Waals surface area contributed by atoms with E-state index in [1.807, 2.05) is 6.92 Å². The maximum atomic E-state index is 11.9. The second-order valence-electron chi connectivity index (χ2n) is 3.83. The zero-order chi connectivity index (χ0) is 12.3. The molecule has 1 aromatic carbocycles. The third-order valence-electron chi connectivity index (χ3n) is 2.31. The average molecular weight is 227 g/mol. The predicted octanol–water partition coefficient (Wildman–Crippen LogP) is 2.22. The smallest absolute Gasteiger partial charge is 0.257 e. The number of pyridine rings is 1. The molecule has 0 fully saturated rings. The Morgan fingerprint density at radius 1 is 1.24 bits per heavy atom. The number of hydrogen-bond acceptors (Lipinski definition) is 3. The summed E-state index contributed by atoms with van der Waals surface area (Å²) in [7, 11) is 0. The molecule has 0 atom stereocenters. The van der Waals surface area contributed by atoms with Gasteiger partial charge >= 0.3 is 0 Å². The van der Waals surface area contributed by atoms with Crippen molar-refractivity contribution in [2.45, 2.75) is 6.92 Å². The van der Waals surface area contributed by atoms with Crippen LogP contribution in [0.25, 0.3) is 0 Å². The van der Waals surface area contributed by atoms with E-state index in [2.05, 4.69) is 10.3 Å². The molecule has 0 saturated heterocycles. The zero-order valence-corrected chi connectivity index (χ0v) is 9.47. The van der Waals surface area contributed by atoms with Gasteiger partial charge in [0, 0.05) is 23.8 Å². The average Bonchev–Trinajstić information content (AvgIpc) is 2.32. The molecule has 0 spiro atoms. The van der Waals surface area contributed by atoms with E-state index in [4.69, 9.17) is 5.73 Å². The van der Waals surface area contributed by atoms with Crippen molar-refractivity contribution in [3.63, 3.8) is 0 Å². The highest BCUT2D eigenvalue weighted by Crippen LogP contribution is 2.12. The van der Waals surface area contributed by atoms with E-state index in [1.165, 1.54) is 0 Å². The fourth-order valence-corrected chi connectivity index (χ4v) is 1.45. The summed E-state index contributed by atoms with van der Waals surface area (Å²) in [5, 5.41) is 2.78. The Hall–Kier alpha value is -2.36. The molecular formula is C13H13N3O. The van der Waals surface area contributed by atoms with Crippen LogP contribution in [0.15, 0.2) is 42.7 Å². The molecular weight excluding hydrogens is 214 g/mol. The molecule has 2 rings (SSSR count). The number of aryl methyl sites for hydroxylation is 1. The number of aromatic nitrogens is 1. The highest BCUT2D eigenvalue weighted by atomic mass is 16.1. The minimum atomic E-state index is -0.175. The summed E-state index contributed by atoms with van der Waals surface area (Å²) < 4.78 is 0. The highest BCUT2D eigenvalue weighted by Gasteiger charge is 2.06. The molecule has 0 aliphatic rings. The van der Waals surface area contributed by atoms with E-state index in [0.29, 0.717) is 16.9 Å². The summed E-state index contributed by atoms with van der Waals surface area (Å²) in [5.74, 6) is -0.175. The summed E-state index contributed by atoms with van der Waals surface area (Å²) in [5.41, 5.74) is 8.44. The van der Waals surface area contributed by atoms with Crippen LogP contribution in [0.5, 0.6) is 0 Å². The third kappa shape index (κ3) is 2.81. The number of nitrogen functional groups attached to an aromatic ring is 1. The third-order valence-corrected chi connectivity index (χ3v) is 2.31. The standard InChI is InChI=1S/C13H13N3O/c1-9-6-10(8-15-7-9)13(17)16-12-4-2-11(14)3-5-12/h2-8H,14H2,1H3,(H,16,17). The van der Waals surface area contributed by atoms with Gasteiger partial charge in [0.15, 0.2) is 0 Å². The number of carbonyl (C=O) groups is 1. The van der Waals surface area contributed by atoms with E-state index < -0.39 is 0 Å². The highest BCUT2D eigenvalue weighted by molar-refractivity contribution is 6.04. The van der Waals surface area contributed by atoms with Gasteiger partial charge in [-0.05, 0) is 42.8 Å². The molecule has 0 aliphatic heterocycles. The number of hydrogen-bond donors (Lipinski definition) is 2. The minimum absolute atomic E-state index is 0.175. The first-order valence-corrected chi connectivity index (χ1v) is 5.24. The first-order chi connectivity index (χ1) is 8.15. The van der Waals surface area contributed by atoms with Crippen molar-refractivity contribution >= 4 is 17.3 Å². The number of benzene rings is 1. The molecule has 0 aliphatic carbocycles. The topological polar surface area (TPSA) is 68.0 Å². The van der Waals surface area contributed by atoms with Crippen LogP contribution >= 0.6 is 0 Å².